The van der Waals surface area contributed by atoms with Gasteiger partial charge in [-0.3, -0.25) is 4.98 Å². The summed E-state index contributed by atoms with van der Waals surface area (Å²) in [5.74, 6) is 0.832. The number of hydrogen-bond donors (Lipinski definition) is 1. The molecular formula is C18H30N2O. The predicted octanol–water partition coefficient (Wildman–Crippen LogP) is 3.59. The first-order valence-electron chi connectivity index (χ1n) is 8.37. The normalized spacial score (nSPS) is 27.5. The number of ether oxygens (including phenoxy) is 1. The van der Waals surface area contributed by atoms with Crippen molar-refractivity contribution in [3.8, 4) is 0 Å². The van der Waals surface area contributed by atoms with Gasteiger partial charge in [-0.05, 0) is 62.6 Å². The molecule has 0 radical (unpaired) electrons. The van der Waals surface area contributed by atoms with Crippen molar-refractivity contribution in [2.75, 3.05) is 13.7 Å². The molecule has 3 heteroatoms. The van der Waals surface area contributed by atoms with E-state index in [2.05, 4.69) is 30.2 Å². The molecule has 0 aliphatic heterocycles. The Bertz CT molecular complexity index is 399. The number of aromatic nitrogens is 1. The Hall–Kier alpha value is -0.930. The molecule has 1 fully saturated rings. The van der Waals surface area contributed by atoms with E-state index >= 15 is 0 Å². The number of rotatable bonds is 7. The van der Waals surface area contributed by atoms with Gasteiger partial charge < -0.3 is 10.1 Å². The molecule has 0 spiro atoms. The second kappa shape index (κ2) is 7.90. The minimum Gasteiger partial charge on any atom is -0.377 e. The Morgan fingerprint density at radius 2 is 2.19 bits per heavy atom. The summed E-state index contributed by atoms with van der Waals surface area (Å²) in [6.45, 7) is 5.62. The summed E-state index contributed by atoms with van der Waals surface area (Å²) in [6, 6.07) is 4.57. The van der Waals surface area contributed by atoms with E-state index < -0.39 is 0 Å². The first-order valence-corrected chi connectivity index (χ1v) is 8.37. The molecule has 21 heavy (non-hydrogen) atoms. The van der Waals surface area contributed by atoms with Crippen LogP contribution in [0.5, 0.6) is 0 Å². The fourth-order valence-corrected chi connectivity index (χ4v) is 3.46. The Kier molecular flexibility index (Phi) is 6.19. The van der Waals surface area contributed by atoms with E-state index in [-0.39, 0.29) is 5.60 Å². The summed E-state index contributed by atoms with van der Waals surface area (Å²) >= 11 is 0. The van der Waals surface area contributed by atoms with Gasteiger partial charge in [-0.1, -0.05) is 19.9 Å². The van der Waals surface area contributed by atoms with Gasteiger partial charge in [-0.25, -0.2) is 0 Å². The monoisotopic (exact) mass is 290 g/mol. The van der Waals surface area contributed by atoms with Crippen LogP contribution in [-0.4, -0.2) is 30.3 Å². The average molecular weight is 290 g/mol. The third-order valence-corrected chi connectivity index (χ3v) is 4.97. The molecule has 1 N–H and O–H groups in total. The van der Waals surface area contributed by atoms with Crippen molar-refractivity contribution >= 4 is 0 Å². The molecule has 0 saturated heterocycles. The highest BCUT2D eigenvalue weighted by Gasteiger charge is 2.41. The van der Waals surface area contributed by atoms with Crippen LogP contribution in [0.3, 0.4) is 0 Å². The van der Waals surface area contributed by atoms with Gasteiger partial charge >= 0.3 is 0 Å². The van der Waals surface area contributed by atoms with Gasteiger partial charge in [0.2, 0.25) is 0 Å². The van der Waals surface area contributed by atoms with Crippen molar-refractivity contribution in [3.63, 3.8) is 0 Å². The molecule has 0 aromatic carbocycles. The van der Waals surface area contributed by atoms with E-state index in [1.165, 1.54) is 18.4 Å². The van der Waals surface area contributed by atoms with Crippen LogP contribution >= 0.6 is 0 Å². The van der Waals surface area contributed by atoms with E-state index in [1.54, 1.807) is 0 Å². The Labute approximate surface area is 129 Å². The summed E-state index contributed by atoms with van der Waals surface area (Å²) in [5, 5.41) is 3.74. The van der Waals surface area contributed by atoms with Crippen molar-refractivity contribution in [1.82, 2.24) is 10.3 Å². The van der Waals surface area contributed by atoms with Crippen molar-refractivity contribution < 1.29 is 4.74 Å². The highest BCUT2D eigenvalue weighted by atomic mass is 16.5. The van der Waals surface area contributed by atoms with Gasteiger partial charge in [0.1, 0.15) is 0 Å². The number of hydrogen-bond acceptors (Lipinski definition) is 3. The summed E-state index contributed by atoms with van der Waals surface area (Å²) < 4.78 is 6.08. The van der Waals surface area contributed by atoms with Crippen LogP contribution in [0.4, 0.5) is 0 Å². The fourth-order valence-electron chi connectivity index (χ4n) is 3.46. The van der Waals surface area contributed by atoms with Gasteiger partial charge in [0.15, 0.2) is 0 Å². The second-order valence-corrected chi connectivity index (χ2v) is 6.52. The topological polar surface area (TPSA) is 34.2 Å². The van der Waals surface area contributed by atoms with Gasteiger partial charge in [0, 0.05) is 25.5 Å². The number of pyridine rings is 1. The summed E-state index contributed by atoms with van der Waals surface area (Å²) in [7, 11) is 1.89. The number of nitrogens with one attached hydrogen (secondary N) is 1. The molecule has 1 unspecified atom stereocenters. The van der Waals surface area contributed by atoms with Gasteiger partial charge in [0.25, 0.3) is 0 Å². The molecule has 1 aliphatic rings. The quantitative estimate of drug-likeness (QED) is 0.833. The minimum absolute atomic E-state index is 0.0163. The molecule has 2 rings (SSSR count). The first-order chi connectivity index (χ1) is 10.2. The zero-order chi connectivity index (χ0) is 15.1. The van der Waals surface area contributed by atoms with Crippen molar-refractivity contribution in [2.45, 2.75) is 64.0 Å². The highest BCUT2D eigenvalue weighted by Crippen LogP contribution is 2.37. The zero-order valence-corrected chi connectivity index (χ0v) is 13.8. The summed E-state index contributed by atoms with van der Waals surface area (Å²) in [6.07, 6.45) is 10.8. The van der Waals surface area contributed by atoms with E-state index in [9.17, 15) is 0 Å². The molecule has 1 heterocycles. The first kappa shape index (κ1) is 16.4. The molecule has 1 aromatic heterocycles. The van der Waals surface area contributed by atoms with Crippen LogP contribution in [0, 0.1) is 5.92 Å². The third-order valence-electron chi connectivity index (χ3n) is 4.97. The SMILES string of the molecule is CCCNC(Cc1cccnc1)C1(OC)CCC(C)CC1. The molecule has 1 aromatic rings. The maximum Gasteiger partial charge on any atom is 0.0834 e. The fraction of sp³-hybridized carbons (Fsp3) is 0.722. The van der Waals surface area contributed by atoms with Crippen LogP contribution in [0.2, 0.25) is 0 Å². The van der Waals surface area contributed by atoms with Crippen LogP contribution < -0.4 is 5.32 Å². The lowest BCUT2D eigenvalue weighted by atomic mass is 9.74. The lowest BCUT2D eigenvalue weighted by Crippen LogP contribution is -2.55. The Morgan fingerprint density at radius 3 is 2.76 bits per heavy atom. The summed E-state index contributed by atoms with van der Waals surface area (Å²) in [5.41, 5.74) is 1.28. The van der Waals surface area contributed by atoms with Gasteiger partial charge in [0.05, 0.1) is 5.60 Å². The predicted molar refractivity (Wildman–Crippen MR) is 87.4 cm³/mol. The molecule has 1 saturated carbocycles. The molecular weight excluding hydrogens is 260 g/mol. The average Bonchev–Trinajstić information content (AvgIpc) is 2.54. The van der Waals surface area contributed by atoms with Gasteiger partial charge in [-0.15, -0.1) is 0 Å². The largest absolute Gasteiger partial charge is 0.377 e. The van der Waals surface area contributed by atoms with Crippen LogP contribution in [0.1, 0.15) is 51.5 Å². The zero-order valence-electron chi connectivity index (χ0n) is 13.8. The minimum atomic E-state index is -0.0163. The summed E-state index contributed by atoms with van der Waals surface area (Å²) in [4.78, 5) is 4.26. The van der Waals surface area contributed by atoms with Gasteiger partial charge in [-0.2, -0.15) is 0 Å². The van der Waals surface area contributed by atoms with Crippen LogP contribution in [-0.2, 0) is 11.2 Å². The van der Waals surface area contributed by atoms with E-state index in [0.29, 0.717) is 6.04 Å². The standard InChI is InChI=1S/C18H30N2O/c1-4-11-20-17(13-16-6-5-12-19-14-16)18(21-3)9-7-15(2)8-10-18/h5-6,12,14-15,17,20H,4,7-11,13H2,1-3H3. The number of nitrogens with zero attached hydrogens (tertiary/aromatic N) is 1. The van der Waals surface area contributed by atoms with E-state index in [1.807, 2.05) is 25.6 Å². The molecule has 0 amide bonds. The van der Waals surface area contributed by atoms with Crippen molar-refractivity contribution in [2.24, 2.45) is 5.92 Å². The maximum absolute atomic E-state index is 6.08. The maximum atomic E-state index is 6.08. The molecule has 1 aliphatic carbocycles. The van der Waals surface area contributed by atoms with E-state index in [0.717, 1.165) is 38.1 Å². The highest BCUT2D eigenvalue weighted by molar-refractivity contribution is 5.13. The third kappa shape index (κ3) is 4.27. The Balaban J connectivity index is 2.13. The van der Waals surface area contributed by atoms with Crippen molar-refractivity contribution in [1.29, 1.82) is 0 Å². The van der Waals surface area contributed by atoms with Crippen molar-refractivity contribution in [3.05, 3.63) is 30.1 Å². The molecule has 0 bridgehead atoms. The molecule has 3 nitrogen and oxygen atoms in total. The van der Waals surface area contributed by atoms with Crippen LogP contribution in [0.25, 0.3) is 0 Å². The second-order valence-electron chi connectivity index (χ2n) is 6.52. The lowest BCUT2D eigenvalue weighted by molar-refractivity contribution is -0.0745. The molecule has 1 atom stereocenters. The number of methoxy groups -OCH3 is 1. The van der Waals surface area contributed by atoms with Crippen LogP contribution in [0.15, 0.2) is 24.5 Å². The smallest absolute Gasteiger partial charge is 0.0834 e. The lowest BCUT2D eigenvalue weighted by Gasteiger charge is -2.44. The molecule has 118 valence electrons. The Morgan fingerprint density at radius 1 is 1.43 bits per heavy atom. The van der Waals surface area contributed by atoms with E-state index in [4.69, 9.17) is 4.74 Å².